The Kier molecular flexibility index (Phi) is 7.33. The fraction of sp³-hybridized carbons (Fsp3) is 0.269. The lowest BCUT2D eigenvalue weighted by Crippen LogP contribution is -2.19. The van der Waals surface area contributed by atoms with E-state index in [9.17, 15) is 14.4 Å². The zero-order valence-corrected chi connectivity index (χ0v) is 19.3. The molecule has 172 valence electrons. The lowest BCUT2D eigenvalue weighted by molar-refractivity contribution is 0.0294. The maximum atomic E-state index is 13.1. The third-order valence-electron chi connectivity index (χ3n) is 5.24. The van der Waals surface area contributed by atoms with Gasteiger partial charge in [0.15, 0.2) is 11.6 Å². The minimum atomic E-state index is -0.819. The quantitative estimate of drug-likeness (QED) is 0.417. The van der Waals surface area contributed by atoms with E-state index in [1.165, 1.54) is 33.5 Å². The summed E-state index contributed by atoms with van der Waals surface area (Å²) in [5.41, 5.74) is 1.93. The third kappa shape index (κ3) is 4.82. The lowest BCUT2D eigenvalue weighted by Gasteiger charge is -2.24. The molecule has 2 aromatic rings. The molecule has 7 nitrogen and oxygen atoms in total. The maximum Gasteiger partial charge on any atom is 0.342 e. The van der Waals surface area contributed by atoms with E-state index < -0.39 is 17.9 Å². The number of methoxy groups -OCH3 is 3. The van der Waals surface area contributed by atoms with Gasteiger partial charge in [-0.15, -0.1) is 0 Å². The number of rotatable bonds is 8. The first-order chi connectivity index (χ1) is 15.8. The highest BCUT2D eigenvalue weighted by Crippen LogP contribution is 2.42. The summed E-state index contributed by atoms with van der Waals surface area (Å²) in [6.07, 6.45) is 3.81. The van der Waals surface area contributed by atoms with Gasteiger partial charge in [0.05, 0.1) is 32.5 Å². The molecule has 1 aliphatic rings. The molecule has 0 saturated heterocycles. The standard InChI is InChI=1S/C26H26O7/c1-15(2)10-13-21(33-26(29)16-8-6-7-9-20(16)30-3)17-14-22(31-4)23-18(27)11-12-19(28)24(23)25(17)32-5/h6-12,14,21H,13H2,1-5H3/t21-/m1/s1. The van der Waals surface area contributed by atoms with Gasteiger partial charge in [0.2, 0.25) is 0 Å². The Morgan fingerprint density at radius 1 is 0.909 bits per heavy atom. The van der Waals surface area contributed by atoms with Crippen LogP contribution in [0.1, 0.15) is 63.0 Å². The summed E-state index contributed by atoms with van der Waals surface area (Å²) >= 11 is 0. The zero-order valence-electron chi connectivity index (χ0n) is 19.3. The Labute approximate surface area is 192 Å². The van der Waals surface area contributed by atoms with Gasteiger partial charge in [-0.2, -0.15) is 0 Å². The molecule has 0 N–H and O–H groups in total. The Morgan fingerprint density at radius 2 is 1.55 bits per heavy atom. The molecule has 33 heavy (non-hydrogen) atoms. The number of esters is 1. The highest BCUT2D eigenvalue weighted by molar-refractivity contribution is 6.24. The van der Waals surface area contributed by atoms with Crippen LogP contribution in [0.3, 0.4) is 0 Å². The fourth-order valence-electron chi connectivity index (χ4n) is 3.67. The minimum Gasteiger partial charge on any atom is -0.496 e. The van der Waals surface area contributed by atoms with E-state index in [1.54, 1.807) is 30.3 Å². The molecule has 0 unspecified atom stereocenters. The molecule has 0 fully saturated rings. The number of allylic oxidation sites excluding steroid dienone is 3. The van der Waals surface area contributed by atoms with Crippen molar-refractivity contribution in [3.05, 3.63) is 76.4 Å². The number of para-hydroxylation sites is 1. The molecule has 7 heteroatoms. The van der Waals surface area contributed by atoms with Crippen molar-refractivity contribution in [2.75, 3.05) is 21.3 Å². The van der Waals surface area contributed by atoms with Crippen LogP contribution in [0.15, 0.2) is 54.1 Å². The van der Waals surface area contributed by atoms with E-state index in [2.05, 4.69) is 0 Å². The summed E-state index contributed by atoms with van der Waals surface area (Å²) in [6.45, 7) is 3.85. The summed E-state index contributed by atoms with van der Waals surface area (Å²) < 4.78 is 22.2. The number of carbonyl (C=O) groups excluding carboxylic acids is 3. The molecule has 0 aliphatic heterocycles. The van der Waals surface area contributed by atoms with Crippen LogP contribution in [-0.2, 0) is 4.74 Å². The van der Waals surface area contributed by atoms with Crippen molar-refractivity contribution in [2.24, 2.45) is 0 Å². The maximum absolute atomic E-state index is 13.1. The van der Waals surface area contributed by atoms with E-state index in [0.29, 0.717) is 17.7 Å². The summed E-state index contributed by atoms with van der Waals surface area (Å²) in [5.74, 6) is -0.589. The van der Waals surface area contributed by atoms with E-state index in [-0.39, 0.29) is 34.0 Å². The molecule has 2 aromatic carbocycles. The summed E-state index contributed by atoms with van der Waals surface area (Å²) in [7, 11) is 4.29. The highest BCUT2D eigenvalue weighted by atomic mass is 16.5. The second-order valence-electron chi connectivity index (χ2n) is 7.62. The Balaban J connectivity index is 2.16. The average molecular weight is 450 g/mol. The van der Waals surface area contributed by atoms with Crippen molar-refractivity contribution in [1.29, 1.82) is 0 Å². The Hall–Kier alpha value is -3.87. The molecule has 0 spiro atoms. The van der Waals surface area contributed by atoms with Gasteiger partial charge in [-0.25, -0.2) is 4.79 Å². The summed E-state index contributed by atoms with van der Waals surface area (Å²) in [6, 6.07) is 8.33. The van der Waals surface area contributed by atoms with E-state index >= 15 is 0 Å². The third-order valence-corrected chi connectivity index (χ3v) is 5.24. The van der Waals surface area contributed by atoms with Crippen molar-refractivity contribution in [3.8, 4) is 17.2 Å². The van der Waals surface area contributed by atoms with E-state index in [1.807, 2.05) is 19.9 Å². The first-order valence-corrected chi connectivity index (χ1v) is 10.3. The SMILES string of the molecule is COc1ccccc1C(=O)O[C@H](CC=C(C)C)c1cc(OC)c2c(c1OC)C(=O)C=CC2=O. The molecule has 0 bridgehead atoms. The van der Waals surface area contributed by atoms with Gasteiger partial charge in [0.25, 0.3) is 0 Å². The van der Waals surface area contributed by atoms with Crippen LogP contribution in [0.2, 0.25) is 0 Å². The predicted octanol–water partition coefficient (Wildman–Crippen LogP) is 4.90. The van der Waals surface area contributed by atoms with Gasteiger partial charge < -0.3 is 18.9 Å². The van der Waals surface area contributed by atoms with Crippen LogP contribution in [0.25, 0.3) is 0 Å². The molecule has 0 aromatic heterocycles. The first kappa shape index (κ1) is 23.8. The fourth-order valence-corrected chi connectivity index (χ4v) is 3.67. The van der Waals surface area contributed by atoms with Crippen LogP contribution >= 0.6 is 0 Å². The Bertz CT molecular complexity index is 1150. The second-order valence-corrected chi connectivity index (χ2v) is 7.62. The number of carbonyl (C=O) groups is 3. The van der Waals surface area contributed by atoms with Crippen LogP contribution < -0.4 is 14.2 Å². The molecule has 3 rings (SSSR count). The number of fused-ring (bicyclic) bond motifs is 1. The largest absolute Gasteiger partial charge is 0.496 e. The number of hydrogen-bond acceptors (Lipinski definition) is 7. The van der Waals surface area contributed by atoms with Gasteiger partial charge >= 0.3 is 5.97 Å². The van der Waals surface area contributed by atoms with Crippen molar-refractivity contribution < 1.29 is 33.3 Å². The smallest absolute Gasteiger partial charge is 0.342 e. The van der Waals surface area contributed by atoms with Gasteiger partial charge in [0, 0.05) is 12.0 Å². The van der Waals surface area contributed by atoms with Crippen LogP contribution in [0.5, 0.6) is 17.2 Å². The van der Waals surface area contributed by atoms with Gasteiger partial charge in [-0.3, -0.25) is 9.59 Å². The molecule has 0 heterocycles. The number of ether oxygens (including phenoxy) is 4. The topological polar surface area (TPSA) is 88.1 Å². The predicted molar refractivity (Wildman–Crippen MR) is 123 cm³/mol. The molecular weight excluding hydrogens is 424 g/mol. The van der Waals surface area contributed by atoms with Crippen LogP contribution in [0, 0.1) is 0 Å². The first-order valence-electron chi connectivity index (χ1n) is 10.3. The number of ketones is 2. The van der Waals surface area contributed by atoms with Crippen molar-refractivity contribution >= 4 is 17.5 Å². The molecule has 0 radical (unpaired) electrons. The average Bonchev–Trinajstić information content (AvgIpc) is 2.82. The monoisotopic (exact) mass is 450 g/mol. The Morgan fingerprint density at radius 3 is 2.15 bits per heavy atom. The molecule has 0 amide bonds. The molecule has 0 saturated carbocycles. The van der Waals surface area contributed by atoms with E-state index in [0.717, 1.165) is 5.57 Å². The number of hydrogen-bond donors (Lipinski definition) is 0. The summed E-state index contributed by atoms with van der Waals surface area (Å²) in [4.78, 5) is 38.3. The normalized spacial score (nSPS) is 13.1. The van der Waals surface area contributed by atoms with Gasteiger partial charge in [-0.1, -0.05) is 23.8 Å². The number of benzene rings is 2. The van der Waals surface area contributed by atoms with E-state index in [4.69, 9.17) is 18.9 Å². The molecule has 1 aliphatic carbocycles. The summed E-state index contributed by atoms with van der Waals surface area (Å²) in [5, 5.41) is 0. The van der Waals surface area contributed by atoms with Crippen LogP contribution in [0.4, 0.5) is 0 Å². The van der Waals surface area contributed by atoms with Crippen LogP contribution in [-0.4, -0.2) is 38.9 Å². The second kappa shape index (κ2) is 10.2. The van der Waals surface area contributed by atoms with Crippen molar-refractivity contribution in [1.82, 2.24) is 0 Å². The highest BCUT2D eigenvalue weighted by Gasteiger charge is 2.33. The molecular formula is C26H26O7. The molecule has 1 atom stereocenters. The van der Waals surface area contributed by atoms with Crippen molar-refractivity contribution in [3.63, 3.8) is 0 Å². The van der Waals surface area contributed by atoms with Crippen molar-refractivity contribution in [2.45, 2.75) is 26.4 Å². The minimum absolute atomic E-state index is 0.0925. The van der Waals surface area contributed by atoms with Gasteiger partial charge in [-0.05, 0) is 44.2 Å². The zero-order chi connectivity index (χ0) is 24.1. The van der Waals surface area contributed by atoms with Gasteiger partial charge in [0.1, 0.15) is 28.9 Å². The lowest BCUT2D eigenvalue weighted by atomic mass is 9.88.